The van der Waals surface area contributed by atoms with Gasteiger partial charge in [0.15, 0.2) is 23.0 Å². The molecule has 1 aliphatic heterocycles. The summed E-state index contributed by atoms with van der Waals surface area (Å²) in [5.41, 5.74) is 1.37. The maximum absolute atomic E-state index is 15.8. The van der Waals surface area contributed by atoms with Crippen LogP contribution in [0.25, 0.3) is 0 Å². The molecule has 1 atom stereocenters. The second kappa shape index (κ2) is 18.3. The van der Waals surface area contributed by atoms with Crippen LogP contribution in [0.2, 0.25) is 0 Å². The fraction of sp³-hybridized carbons (Fsp3) is 0.486. The average Bonchev–Trinajstić information content (AvgIpc) is 3.63. The number of amides is 2. The number of methoxy groups -OCH3 is 6. The summed E-state index contributed by atoms with van der Waals surface area (Å²) in [5, 5.41) is 0. The van der Waals surface area contributed by atoms with Crippen molar-refractivity contribution in [2.24, 2.45) is 0 Å². The van der Waals surface area contributed by atoms with Gasteiger partial charge in [-0.1, -0.05) is 6.07 Å². The van der Waals surface area contributed by atoms with Crippen molar-refractivity contribution in [1.29, 1.82) is 0 Å². The Kier molecular flexibility index (Phi) is 13.9. The van der Waals surface area contributed by atoms with Gasteiger partial charge in [0.25, 0.3) is 5.91 Å². The predicted molar refractivity (Wildman–Crippen MR) is 185 cm³/mol. The van der Waals surface area contributed by atoms with Crippen LogP contribution in [0.15, 0.2) is 48.8 Å². The van der Waals surface area contributed by atoms with Crippen molar-refractivity contribution in [2.75, 3.05) is 68.9 Å². The molecular formula is C37H47F2N3O9. The molecule has 0 N–H and O–H groups in total. The lowest BCUT2D eigenvalue weighted by Crippen LogP contribution is -2.47. The SMILES string of the molecule is COc1cc(CCCN(CCCc2cccnc2)C(=O)OC[C@@H]2CCCN2C(=O)C(F)(F)c2cc(OC)c(OC)c(OC)c2)cc(OC)c1OC. The zero-order valence-electron chi connectivity index (χ0n) is 30.0. The van der Waals surface area contributed by atoms with E-state index in [2.05, 4.69) is 4.98 Å². The Bertz CT molecular complexity index is 1560. The minimum Gasteiger partial charge on any atom is -0.493 e. The van der Waals surface area contributed by atoms with Crippen LogP contribution >= 0.6 is 0 Å². The van der Waals surface area contributed by atoms with E-state index in [1.807, 2.05) is 24.3 Å². The molecule has 0 aliphatic carbocycles. The van der Waals surface area contributed by atoms with Crippen LogP contribution in [0, 0.1) is 0 Å². The summed E-state index contributed by atoms with van der Waals surface area (Å²) in [5.74, 6) is -3.62. The summed E-state index contributed by atoms with van der Waals surface area (Å²) in [6.07, 6.45) is 6.35. The predicted octanol–water partition coefficient (Wildman–Crippen LogP) is 5.92. The molecule has 0 radical (unpaired) electrons. The van der Waals surface area contributed by atoms with Crippen LogP contribution in [0.1, 0.15) is 42.4 Å². The molecule has 0 spiro atoms. The number of benzene rings is 2. The summed E-state index contributed by atoms with van der Waals surface area (Å²) in [6, 6.07) is 8.97. The monoisotopic (exact) mass is 715 g/mol. The second-order valence-electron chi connectivity index (χ2n) is 11.9. The Morgan fingerprint density at radius 3 is 1.88 bits per heavy atom. The number of hydrogen-bond donors (Lipinski definition) is 0. The van der Waals surface area contributed by atoms with Gasteiger partial charge in [-0.05, 0) is 80.0 Å². The third kappa shape index (κ3) is 9.41. The molecule has 1 aliphatic rings. The molecule has 0 saturated carbocycles. The van der Waals surface area contributed by atoms with Crippen LogP contribution in [0.3, 0.4) is 0 Å². The summed E-state index contributed by atoms with van der Waals surface area (Å²) < 4.78 is 69.3. The van der Waals surface area contributed by atoms with E-state index in [9.17, 15) is 9.59 Å². The summed E-state index contributed by atoms with van der Waals surface area (Å²) in [4.78, 5) is 33.7. The first-order chi connectivity index (χ1) is 24.6. The highest BCUT2D eigenvalue weighted by atomic mass is 19.3. The van der Waals surface area contributed by atoms with Gasteiger partial charge < -0.3 is 43.0 Å². The first-order valence-electron chi connectivity index (χ1n) is 16.7. The van der Waals surface area contributed by atoms with Gasteiger partial charge in [0, 0.05) is 37.6 Å². The van der Waals surface area contributed by atoms with Gasteiger partial charge in [-0.3, -0.25) is 9.78 Å². The smallest absolute Gasteiger partial charge is 0.409 e. The number of aromatic nitrogens is 1. The third-order valence-electron chi connectivity index (χ3n) is 8.83. The van der Waals surface area contributed by atoms with Crippen molar-refractivity contribution in [3.63, 3.8) is 0 Å². The van der Waals surface area contributed by atoms with Gasteiger partial charge in [-0.15, -0.1) is 0 Å². The minimum atomic E-state index is -3.91. The number of hydrogen-bond acceptors (Lipinski definition) is 10. The van der Waals surface area contributed by atoms with Gasteiger partial charge in [0.2, 0.25) is 11.5 Å². The first-order valence-corrected chi connectivity index (χ1v) is 16.7. The van der Waals surface area contributed by atoms with Gasteiger partial charge >= 0.3 is 12.0 Å². The van der Waals surface area contributed by atoms with Crippen molar-refractivity contribution >= 4 is 12.0 Å². The van der Waals surface area contributed by atoms with Crippen molar-refractivity contribution in [3.8, 4) is 34.5 Å². The van der Waals surface area contributed by atoms with E-state index in [0.717, 1.165) is 28.2 Å². The highest BCUT2D eigenvalue weighted by Crippen LogP contribution is 2.44. The third-order valence-corrected chi connectivity index (χ3v) is 8.83. The van der Waals surface area contributed by atoms with Crippen LogP contribution in [-0.4, -0.2) is 102 Å². The zero-order chi connectivity index (χ0) is 37.0. The lowest BCUT2D eigenvalue weighted by atomic mass is 10.0. The molecule has 2 amide bonds. The van der Waals surface area contributed by atoms with Gasteiger partial charge in [0.05, 0.1) is 48.7 Å². The van der Waals surface area contributed by atoms with E-state index in [1.165, 1.54) is 28.4 Å². The van der Waals surface area contributed by atoms with E-state index < -0.39 is 29.5 Å². The molecule has 2 aromatic carbocycles. The number of halogens is 2. The number of aryl methyl sites for hydroxylation is 2. The molecule has 51 heavy (non-hydrogen) atoms. The summed E-state index contributed by atoms with van der Waals surface area (Å²) >= 11 is 0. The maximum atomic E-state index is 15.8. The van der Waals surface area contributed by atoms with Crippen molar-refractivity contribution in [2.45, 2.75) is 50.5 Å². The van der Waals surface area contributed by atoms with E-state index in [4.69, 9.17) is 33.2 Å². The van der Waals surface area contributed by atoms with E-state index >= 15 is 8.78 Å². The van der Waals surface area contributed by atoms with E-state index in [0.29, 0.717) is 68.9 Å². The first kappa shape index (κ1) is 38.8. The highest BCUT2D eigenvalue weighted by Gasteiger charge is 2.48. The number of rotatable bonds is 18. The Morgan fingerprint density at radius 1 is 0.824 bits per heavy atom. The largest absolute Gasteiger partial charge is 0.493 e. The molecule has 1 fully saturated rings. The van der Waals surface area contributed by atoms with E-state index in [1.54, 1.807) is 31.5 Å². The van der Waals surface area contributed by atoms with Crippen LogP contribution in [-0.2, 0) is 28.3 Å². The van der Waals surface area contributed by atoms with Crippen LogP contribution in [0.5, 0.6) is 34.5 Å². The number of likely N-dealkylation sites (tertiary alicyclic amines) is 1. The molecule has 14 heteroatoms. The zero-order valence-corrected chi connectivity index (χ0v) is 30.0. The summed E-state index contributed by atoms with van der Waals surface area (Å²) in [6.45, 7) is 0.650. The number of carbonyl (C=O) groups is 2. The Hall–Kier alpha value is -5.01. The number of ether oxygens (including phenoxy) is 7. The number of nitrogens with zero attached hydrogens (tertiary/aromatic N) is 3. The lowest BCUT2D eigenvalue weighted by Gasteiger charge is -2.30. The molecule has 0 unspecified atom stereocenters. The van der Waals surface area contributed by atoms with Gasteiger partial charge in [-0.25, -0.2) is 4.79 Å². The number of carbonyl (C=O) groups excluding carboxylic acids is 2. The van der Waals surface area contributed by atoms with Crippen molar-refractivity contribution < 1.29 is 51.5 Å². The molecule has 1 saturated heterocycles. The quantitative estimate of drug-likeness (QED) is 0.157. The molecule has 2 heterocycles. The van der Waals surface area contributed by atoms with Crippen LogP contribution in [0.4, 0.5) is 13.6 Å². The standard InChI is InChI=1S/C37H47F2N3O9/c1-45-29-19-26(20-30(46-2)33(29)49-5)13-9-17-41(16-8-12-25-11-7-15-40-23-25)36(44)51-24-28-14-10-18-42(28)35(43)37(38,39)27-21-31(47-3)34(50-6)32(22-27)48-4/h7,11,15,19-23,28H,8-10,12-14,16-18,24H2,1-6H3/t28-/m0/s1. The maximum Gasteiger partial charge on any atom is 0.409 e. The van der Waals surface area contributed by atoms with Crippen LogP contribution < -0.4 is 28.4 Å². The molecule has 12 nitrogen and oxygen atoms in total. The van der Waals surface area contributed by atoms with Crippen molar-refractivity contribution in [3.05, 3.63) is 65.5 Å². The van der Waals surface area contributed by atoms with E-state index in [-0.39, 0.29) is 30.4 Å². The second-order valence-corrected chi connectivity index (χ2v) is 11.9. The Morgan fingerprint density at radius 2 is 1.37 bits per heavy atom. The molecule has 4 rings (SSSR count). The number of pyridine rings is 1. The molecule has 278 valence electrons. The minimum absolute atomic E-state index is 0.000103. The Labute approximate surface area is 297 Å². The van der Waals surface area contributed by atoms with Gasteiger partial charge in [0.1, 0.15) is 6.61 Å². The normalized spacial score (nSPS) is 14.1. The fourth-order valence-corrected chi connectivity index (χ4v) is 6.17. The molecule has 0 bridgehead atoms. The summed E-state index contributed by atoms with van der Waals surface area (Å²) in [7, 11) is 8.61. The fourth-order valence-electron chi connectivity index (χ4n) is 6.17. The average molecular weight is 716 g/mol. The molecule has 1 aromatic heterocycles. The topological polar surface area (TPSA) is 118 Å². The number of alkyl halides is 2. The molecular weight excluding hydrogens is 668 g/mol. The lowest BCUT2D eigenvalue weighted by molar-refractivity contribution is -0.160. The van der Waals surface area contributed by atoms with Gasteiger partial charge in [-0.2, -0.15) is 8.78 Å². The molecule has 3 aromatic rings. The Balaban J connectivity index is 1.44. The highest BCUT2D eigenvalue weighted by molar-refractivity contribution is 5.86. The van der Waals surface area contributed by atoms with Crippen molar-refractivity contribution in [1.82, 2.24) is 14.8 Å².